The van der Waals surface area contributed by atoms with Gasteiger partial charge in [0.15, 0.2) is 0 Å². The average molecular weight is 326 g/mol. The molecule has 0 aliphatic carbocycles. The van der Waals surface area contributed by atoms with E-state index in [1.54, 1.807) is 7.11 Å². The molecular weight excluding hydrogens is 302 g/mol. The minimum Gasteiger partial charge on any atom is -0.497 e. The highest BCUT2D eigenvalue weighted by Gasteiger charge is 2.21. The van der Waals surface area contributed by atoms with Crippen LogP contribution in [0.1, 0.15) is 32.3 Å². The van der Waals surface area contributed by atoms with E-state index in [4.69, 9.17) is 4.74 Å². The summed E-state index contributed by atoms with van der Waals surface area (Å²) in [6.45, 7) is 8.14. The molecule has 0 unspecified atom stereocenters. The molecule has 0 aromatic heterocycles. The molecule has 1 aliphatic heterocycles. The van der Waals surface area contributed by atoms with Crippen LogP contribution in [0.25, 0.3) is 0 Å². The van der Waals surface area contributed by atoms with Crippen LogP contribution in [-0.4, -0.2) is 25.1 Å². The smallest absolute Gasteiger partial charge is 0.119 e. The van der Waals surface area contributed by atoms with Crippen LogP contribution >= 0.6 is 15.9 Å². The van der Waals surface area contributed by atoms with E-state index in [2.05, 4.69) is 46.8 Å². The Morgan fingerprint density at radius 2 is 2.00 bits per heavy atom. The third kappa shape index (κ3) is 3.96. The van der Waals surface area contributed by atoms with Gasteiger partial charge >= 0.3 is 0 Å². The molecule has 0 N–H and O–H groups in total. The van der Waals surface area contributed by atoms with Gasteiger partial charge in [0.05, 0.1) is 7.11 Å². The zero-order valence-corrected chi connectivity index (χ0v) is 13.7. The molecule has 0 bridgehead atoms. The van der Waals surface area contributed by atoms with Crippen molar-refractivity contribution in [3.05, 3.63) is 28.2 Å². The summed E-state index contributed by atoms with van der Waals surface area (Å²) in [6, 6.07) is 6.21. The summed E-state index contributed by atoms with van der Waals surface area (Å²) in [5, 5.41) is 0. The molecule has 0 amide bonds. The van der Waals surface area contributed by atoms with Crippen molar-refractivity contribution in [2.24, 2.45) is 11.8 Å². The number of ether oxygens (including phenoxy) is 1. The lowest BCUT2D eigenvalue weighted by molar-refractivity contribution is 0.151. The van der Waals surface area contributed by atoms with Gasteiger partial charge < -0.3 is 4.74 Å². The number of halogens is 1. The van der Waals surface area contributed by atoms with Crippen LogP contribution in [0.5, 0.6) is 5.75 Å². The Morgan fingerprint density at radius 1 is 1.32 bits per heavy atom. The van der Waals surface area contributed by atoms with Crippen molar-refractivity contribution < 1.29 is 4.74 Å². The van der Waals surface area contributed by atoms with Gasteiger partial charge in [-0.05, 0) is 61.5 Å². The molecule has 0 spiro atoms. The van der Waals surface area contributed by atoms with E-state index >= 15 is 0 Å². The van der Waals surface area contributed by atoms with E-state index in [0.29, 0.717) is 0 Å². The van der Waals surface area contributed by atoms with Gasteiger partial charge in [-0.3, -0.25) is 4.90 Å². The molecule has 1 fully saturated rings. The normalized spacial score (nSPS) is 17.9. The van der Waals surface area contributed by atoms with Gasteiger partial charge in [-0.15, -0.1) is 0 Å². The Morgan fingerprint density at radius 3 is 2.58 bits per heavy atom. The molecule has 1 aromatic carbocycles. The van der Waals surface area contributed by atoms with Gasteiger partial charge in [-0.2, -0.15) is 0 Å². The van der Waals surface area contributed by atoms with Crippen LogP contribution in [0, 0.1) is 11.8 Å². The third-order valence-electron chi connectivity index (χ3n) is 4.22. The second-order valence-corrected chi connectivity index (χ2v) is 6.67. The molecule has 2 nitrogen and oxygen atoms in total. The first kappa shape index (κ1) is 14.9. The molecule has 1 heterocycles. The third-order valence-corrected chi connectivity index (χ3v) is 5.00. The van der Waals surface area contributed by atoms with Crippen LogP contribution in [0.4, 0.5) is 0 Å². The van der Waals surface area contributed by atoms with Gasteiger partial charge in [0.1, 0.15) is 5.75 Å². The fourth-order valence-electron chi connectivity index (χ4n) is 2.82. The van der Waals surface area contributed by atoms with Crippen LogP contribution in [0.2, 0.25) is 0 Å². The summed E-state index contributed by atoms with van der Waals surface area (Å²) < 4.78 is 6.49. The van der Waals surface area contributed by atoms with E-state index in [-0.39, 0.29) is 0 Å². The molecule has 0 atom stereocenters. The topological polar surface area (TPSA) is 12.5 Å². The van der Waals surface area contributed by atoms with Gasteiger partial charge in [0.2, 0.25) is 0 Å². The SMILES string of the molecule is COc1ccc(Br)c(CN2CCC(C(C)C)CC2)c1. The summed E-state index contributed by atoms with van der Waals surface area (Å²) in [6.07, 6.45) is 2.67. The largest absolute Gasteiger partial charge is 0.497 e. The number of methoxy groups -OCH3 is 1. The van der Waals surface area contributed by atoms with Crippen molar-refractivity contribution in [2.45, 2.75) is 33.2 Å². The molecule has 1 aliphatic rings. The van der Waals surface area contributed by atoms with Crippen molar-refractivity contribution in [2.75, 3.05) is 20.2 Å². The van der Waals surface area contributed by atoms with Gasteiger partial charge in [0.25, 0.3) is 0 Å². The first-order valence-electron chi connectivity index (χ1n) is 7.15. The van der Waals surface area contributed by atoms with E-state index < -0.39 is 0 Å². The second-order valence-electron chi connectivity index (χ2n) is 5.81. The Bertz CT molecular complexity index is 411. The van der Waals surface area contributed by atoms with Crippen molar-refractivity contribution in [3.63, 3.8) is 0 Å². The molecule has 0 saturated carbocycles. The zero-order valence-electron chi connectivity index (χ0n) is 12.2. The molecule has 2 rings (SSSR count). The van der Waals surface area contributed by atoms with Crippen LogP contribution < -0.4 is 4.74 Å². The van der Waals surface area contributed by atoms with Crippen molar-refractivity contribution in [1.82, 2.24) is 4.90 Å². The van der Waals surface area contributed by atoms with Crippen LogP contribution in [0.3, 0.4) is 0 Å². The highest BCUT2D eigenvalue weighted by molar-refractivity contribution is 9.10. The zero-order chi connectivity index (χ0) is 13.8. The van der Waals surface area contributed by atoms with Crippen LogP contribution in [-0.2, 0) is 6.54 Å². The Balaban J connectivity index is 1.95. The predicted molar refractivity (Wildman–Crippen MR) is 83.5 cm³/mol. The highest BCUT2D eigenvalue weighted by atomic mass is 79.9. The van der Waals surface area contributed by atoms with Crippen molar-refractivity contribution in [1.29, 1.82) is 0 Å². The average Bonchev–Trinajstić information content (AvgIpc) is 2.42. The van der Waals surface area contributed by atoms with Crippen molar-refractivity contribution in [3.8, 4) is 5.75 Å². The van der Waals surface area contributed by atoms with Crippen LogP contribution in [0.15, 0.2) is 22.7 Å². The van der Waals surface area contributed by atoms with Crippen molar-refractivity contribution >= 4 is 15.9 Å². The van der Waals surface area contributed by atoms with E-state index in [0.717, 1.165) is 24.1 Å². The number of benzene rings is 1. The summed E-state index contributed by atoms with van der Waals surface area (Å²) >= 11 is 3.64. The maximum absolute atomic E-state index is 5.31. The monoisotopic (exact) mass is 325 g/mol. The van der Waals surface area contributed by atoms with Gasteiger partial charge in [0, 0.05) is 11.0 Å². The maximum Gasteiger partial charge on any atom is 0.119 e. The van der Waals surface area contributed by atoms with Gasteiger partial charge in [-0.1, -0.05) is 29.8 Å². The minimum atomic E-state index is 0.825. The standard InChI is InChI=1S/C16H24BrNO/c1-12(2)13-6-8-18(9-7-13)11-14-10-15(19-3)4-5-16(14)17/h4-5,10,12-13H,6-9,11H2,1-3H3. The highest BCUT2D eigenvalue weighted by Crippen LogP contribution is 2.28. The second kappa shape index (κ2) is 6.76. The Kier molecular flexibility index (Phi) is 5.28. The maximum atomic E-state index is 5.31. The first-order chi connectivity index (χ1) is 9.10. The Labute approximate surface area is 125 Å². The number of hydrogen-bond acceptors (Lipinski definition) is 2. The molecule has 1 aromatic rings. The number of hydrogen-bond donors (Lipinski definition) is 0. The summed E-state index contributed by atoms with van der Waals surface area (Å²) in [5.41, 5.74) is 1.32. The molecular formula is C16H24BrNO. The lowest BCUT2D eigenvalue weighted by atomic mass is 9.86. The lowest BCUT2D eigenvalue weighted by Crippen LogP contribution is -2.34. The van der Waals surface area contributed by atoms with E-state index in [1.165, 1.54) is 36.0 Å². The predicted octanol–water partition coefficient (Wildman–Crippen LogP) is 4.33. The molecule has 19 heavy (non-hydrogen) atoms. The molecule has 0 radical (unpaired) electrons. The summed E-state index contributed by atoms with van der Waals surface area (Å²) in [7, 11) is 1.72. The molecule has 1 saturated heterocycles. The van der Waals surface area contributed by atoms with E-state index in [9.17, 15) is 0 Å². The number of rotatable bonds is 4. The fourth-order valence-corrected chi connectivity index (χ4v) is 3.19. The lowest BCUT2D eigenvalue weighted by Gasteiger charge is -2.34. The first-order valence-corrected chi connectivity index (χ1v) is 7.94. The van der Waals surface area contributed by atoms with E-state index in [1.807, 2.05) is 6.07 Å². The Hall–Kier alpha value is -0.540. The minimum absolute atomic E-state index is 0.825. The fraction of sp³-hybridized carbons (Fsp3) is 0.625. The number of piperidine rings is 1. The molecule has 106 valence electrons. The number of likely N-dealkylation sites (tertiary alicyclic amines) is 1. The van der Waals surface area contributed by atoms with Gasteiger partial charge in [-0.25, -0.2) is 0 Å². The summed E-state index contributed by atoms with van der Waals surface area (Å²) in [4.78, 5) is 2.55. The quantitative estimate of drug-likeness (QED) is 0.817. The number of nitrogens with zero attached hydrogens (tertiary/aromatic N) is 1. The summed E-state index contributed by atoms with van der Waals surface area (Å²) in [5.74, 6) is 2.67. The molecule has 3 heteroatoms.